The molecule has 20 heavy (non-hydrogen) atoms. The molecule has 0 spiro atoms. The van der Waals surface area contributed by atoms with E-state index in [1.54, 1.807) is 19.2 Å². The second-order valence-corrected chi connectivity index (χ2v) is 4.90. The molecule has 0 heterocycles. The van der Waals surface area contributed by atoms with Gasteiger partial charge in [-0.25, -0.2) is 0 Å². The summed E-state index contributed by atoms with van der Waals surface area (Å²) < 4.78 is 5.22. The highest BCUT2D eigenvalue weighted by Gasteiger charge is 2.14. The predicted octanol–water partition coefficient (Wildman–Crippen LogP) is 4.07. The van der Waals surface area contributed by atoms with Crippen LogP contribution in [0.15, 0.2) is 48.5 Å². The first-order valence-corrected chi connectivity index (χ1v) is 6.66. The van der Waals surface area contributed by atoms with Crippen molar-refractivity contribution in [2.24, 2.45) is 0 Å². The summed E-state index contributed by atoms with van der Waals surface area (Å²) in [5, 5.41) is 2.96. The van der Waals surface area contributed by atoms with Gasteiger partial charge in [0, 0.05) is 5.69 Å². The van der Waals surface area contributed by atoms with Crippen molar-refractivity contribution in [1.29, 1.82) is 0 Å². The third-order valence-corrected chi connectivity index (χ3v) is 3.18. The fourth-order valence-electron chi connectivity index (χ4n) is 2.14. The Kier molecular flexibility index (Phi) is 4.41. The highest BCUT2D eigenvalue weighted by Crippen LogP contribution is 2.25. The van der Waals surface area contributed by atoms with E-state index in [9.17, 15) is 4.79 Å². The number of benzene rings is 2. The van der Waals surface area contributed by atoms with Crippen molar-refractivity contribution in [3.05, 3.63) is 59.7 Å². The lowest BCUT2D eigenvalue weighted by molar-refractivity contribution is 0.102. The van der Waals surface area contributed by atoms with E-state index in [1.807, 2.05) is 36.4 Å². The quantitative estimate of drug-likeness (QED) is 0.908. The molecule has 0 atom stereocenters. The molecule has 1 amide bonds. The lowest BCUT2D eigenvalue weighted by Gasteiger charge is -2.14. The van der Waals surface area contributed by atoms with Crippen LogP contribution in [0.25, 0.3) is 0 Å². The zero-order chi connectivity index (χ0) is 14.5. The second kappa shape index (κ2) is 6.24. The zero-order valence-electron chi connectivity index (χ0n) is 12.0. The number of nitrogens with one attached hydrogen (secondary N) is 1. The predicted molar refractivity (Wildman–Crippen MR) is 81.5 cm³/mol. The Hall–Kier alpha value is -2.29. The molecule has 0 unspecified atom stereocenters. The molecule has 104 valence electrons. The van der Waals surface area contributed by atoms with E-state index >= 15 is 0 Å². The van der Waals surface area contributed by atoms with Crippen LogP contribution in [0.1, 0.15) is 35.7 Å². The molecule has 0 bridgehead atoms. The van der Waals surface area contributed by atoms with Gasteiger partial charge in [0.1, 0.15) is 5.75 Å². The fourth-order valence-corrected chi connectivity index (χ4v) is 2.14. The van der Waals surface area contributed by atoms with E-state index in [2.05, 4.69) is 19.2 Å². The molecular weight excluding hydrogens is 250 g/mol. The number of methoxy groups -OCH3 is 1. The molecule has 0 saturated carbocycles. The molecule has 0 aliphatic heterocycles. The zero-order valence-corrected chi connectivity index (χ0v) is 12.0. The van der Waals surface area contributed by atoms with Gasteiger partial charge in [-0.05, 0) is 29.7 Å². The van der Waals surface area contributed by atoms with Crippen LogP contribution in [0.3, 0.4) is 0 Å². The minimum atomic E-state index is -0.157. The summed E-state index contributed by atoms with van der Waals surface area (Å²) in [7, 11) is 1.56. The number of carbonyl (C=O) groups is 1. The van der Waals surface area contributed by atoms with Crippen LogP contribution in [0.4, 0.5) is 5.69 Å². The lowest BCUT2D eigenvalue weighted by Crippen LogP contribution is -2.14. The highest BCUT2D eigenvalue weighted by molar-refractivity contribution is 6.06. The van der Waals surface area contributed by atoms with Crippen LogP contribution in [0.5, 0.6) is 5.75 Å². The topological polar surface area (TPSA) is 38.3 Å². The van der Waals surface area contributed by atoms with Gasteiger partial charge < -0.3 is 10.1 Å². The summed E-state index contributed by atoms with van der Waals surface area (Å²) in [5.74, 6) is 0.770. The van der Waals surface area contributed by atoms with E-state index in [-0.39, 0.29) is 5.91 Å². The maximum atomic E-state index is 12.4. The normalized spacial score (nSPS) is 10.4. The summed E-state index contributed by atoms with van der Waals surface area (Å²) in [6.45, 7) is 4.21. The Morgan fingerprint density at radius 2 is 1.70 bits per heavy atom. The maximum Gasteiger partial charge on any atom is 0.259 e. The Labute approximate surface area is 119 Å². The molecule has 1 N–H and O–H groups in total. The molecule has 0 fully saturated rings. The van der Waals surface area contributed by atoms with Crippen molar-refractivity contribution in [3.63, 3.8) is 0 Å². The summed E-state index contributed by atoms with van der Waals surface area (Å²) in [6.07, 6.45) is 0. The smallest absolute Gasteiger partial charge is 0.259 e. The van der Waals surface area contributed by atoms with E-state index in [1.165, 1.54) is 0 Å². The Bertz CT molecular complexity index is 605. The number of rotatable bonds is 4. The second-order valence-electron chi connectivity index (χ2n) is 4.90. The van der Waals surface area contributed by atoms with Crippen LogP contribution in [-0.4, -0.2) is 13.0 Å². The fraction of sp³-hybridized carbons (Fsp3) is 0.235. The van der Waals surface area contributed by atoms with Crippen LogP contribution in [-0.2, 0) is 0 Å². The van der Waals surface area contributed by atoms with Gasteiger partial charge in [-0.1, -0.05) is 44.2 Å². The third-order valence-electron chi connectivity index (χ3n) is 3.18. The van der Waals surface area contributed by atoms with E-state index in [0.29, 0.717) is 17.2 Å². The van der Waals surface area contributed by atoms with Gasteiger partial charge in [0.2, 0.25) is 0 Å². The molecule has 2 aromatic rings. The van der Waals surface area contributed by atoms with Gasteiger partial charge in [-0.15, -0.1) is 0 Å². The summed E-state index contributed by atoms with van der Waals surface area (Å²) in [5.41, 5.74) is 2.50. The van der Waals surface area contributed by atoms with Crippen LogP contribution < -0.4 is 10.1 Å². The maximum absolute atomic E-state index is 12.4. The summed E-state index contributed by atoms with van der Waals surface area (Å²) in [4.78, 5) is 12.4. The van der Waals surface area contributed by atoms with Crippen molar-refractivity contribution in [3.8, 4) is 5.75 Å². The number of ether oxygens (including phenoxy) is 1. The first kappa shape index (κ1) is 14.1. The van der Waals surface area contributed by atoms with Crippen molar-refractivity contribution < 1.29 is 9.53 Å². The summed E-state index contributed by atoms with van der Waals surface area (Å²) in [6, 6.07) is 15.1. The minimum absolute atomic E-state index is 0.157. The van der Waals surface area contributed by atoms with Crippen LogP contribution in [0, 0.1) is 0 Å². The summed E-state index contributed by atoms with van der Waals surface area (Å²) >= 11 is 0. The largest absolute Gasteiger partial charge is 0.496 e. The van der Waals surface area contributed by atoms with E-state index in [4.69, 9.17) is 4.74 Å². The molecule has 0 aliphatic rings. The van der Waals surface area contributed by atoms with Gasteiger partial charge in [0.05, 0.1) is 12.7 Å². The molecule has 0 aromatic heterocycles. The molecule has 3 heteroatoms. The number of hydrogen-bond acceptors (Lipinski definition) is 2. The molecule has 0 saturated heterocycles. The standard InChI is InChI=1S/C17H19NO2/c1-12(2)13-8-4-6-10-15(13)18-17(19)14-9-5-7-11-16(14)20-3/h4-12H,1-3H3,(H,18,19). The SMILES string of the molecule is COc1ccccc1C(=O)Nc1ccccc1C(C)C. The minimum Gasteiger partial charge on any atom is -0.496 e. The number of anilines is 1. The highest BCUT2D eigenvalue weighted by atomic mass is 16.5. The number of hydrogen-bond donors (Lipinski definition) is 1. The van der Waals surface area contributed by atoms with Crippen LogP contribution in [0.2, 0.25) is 0 Å². The number of amides is 1. The van der Waals surface area contributed by atoms with E-state index in [0.717, 1.165) is 11.3 Å². The molecular formula is C17H19NO2. The van der Waals surface area contributed by atoms with Crippen molar-refractivity contribution in [1.82, 2.24) is 0 Å². The molecule has 0 radical (unpaired) electrons. The van der Waals surface area contributed by atoms with Gasteiger partial charge in [-0.3, -0.25) is 4.79 Å². The Morgan fingerprint density at radius 3 is 2.40 bits per heavy atom. The van der Waals surface area contributed by atoms with Gasteiger partial charge in [-0.2, -0.15) is 0 Å². The van der Waals surface area contributed by atoms with Crippen LogP contribution >= 0.6 is 0 Å². The Balaban J connectivity index is 2.28. The van der Waals surface area contributed by atoms with Gasteiger partial charge >= 0.3 is 0 Å². The monoisotopic (exact) mass is 269 g/mol. The van der Waals surface area contributed by atoms with Crippen molar-refractivity contribution in [2.45, 2.75) is 19.8 Å². The molecule has 2 rings (SSSR count). The molecule has 3 nitrogen and oxygen atoms in total. The number of para-hydroxylation sites is 2. The van der Waals surface area contributed by atoms with Crippen molar-refractivity contribution in [2.75, 3.05) is 12.4 Å². The van der Waals surface area contributed by atoms with E-state index < -0.39 is 0 Å². The third kappa shape index (κ3) is 2.99. The first-order chi connectivity index (χ1) is 9.63. The van der Waals surface area contributed by atoms with Gasteiger partial charge in [0.25, 0.3) is 5.91 Å². The number of carbonyl (C=O) groups excluding carboxylic acids is 1. The molecule has 2 aromatic carbocycles. The first-order valence-electron chi connectivity index (χ1n) is 6.66. The average molecular weight is 269 g/mol. The van der Waals surface area contributed by atoms with Gasteiger partial charge in [0.15, 0.2) is 0 Å². The Morgan fingerprint density at radius 1 is 1.05 bits per heavy atom. The van der Waals surface area contributed by atoms with Crippen molar-refractivity contribution >= 4 is 11.6 Å². The molecule has 0 aliphatic carbocycles. The lowest BCUT2D eigenvalue weighted by atomic mass is 10.0. The average Bonchev–Trinajstić information content (AvgIpc) is 2.47.